The van der Waals surface area contributed by atoms with Crippen molar-refractivity contribution in [2.75, 3.05) is 0 Å². The first-order valence-electron chi connectivity index (χ1n) is 5.38. The number of H-pyrrole nitrogens is 2. The number of hydrogen-bond acceptors (Lipinski definition) is 5. The molecule has 2 N–H and O–H groups in total. The Morgan fingerprint density at radius 2 is 1.09 bits per heavy atom. The molecule has 0 bridgehead atoms. The number of carboxylic acids is 1. The minimum absolute atomic E-state index is 0. The third kappa shape index (κ3) is 50.7. The minimum Gasteiger partial charge on any atom is -0.218 e. The SMILES string of the molecule is CC(=O)[O-].[NaH].[O]=[Cr](=[O])([O-])[Cl].c1cc[nH+]cc1.c1cc[nH+]cc1. The molecule has 0 saturated heterocycles. The van der Waals surface area contributed by atoms with Gasteiger partial charge in [0.15, 0.2) is 24.8 Å². The van der Waals surface area contributed by atoms with Crippen LogP contribution in [0, 0.1) is 0 Å². The molecule has 2 rings (SSSR count). The number of aromatic amines is 2. The fourth-order valence-electron chi connectivity index (χ4n) is 0.684. The summed E-state index contributed by atoms with van der Waals surface area (Å²) in [6.45, 7) is 0.972. The Morgan fingerprint density at radius 3 is 1.14 bits per heavy atom. The van der Waals surface area contributed by atoms with Crippen LogP contribution < -0.4 is 19.2 Å². The maximum Gasteiger partial charge on any atom is 0.166 e. The van der Waals surface area contributed by atoms with Crippen LogP contribution in [0.5, 0.6) is 0 Å². The second-order valence-corrected chi connectivity index (χ2v) is 5.83. The molecule has 2 aromatic rings. The van der Waals surface area contributed by atoms with Gasteiger partial charge in [0, 0.05) is 30.2 Å². The molecule has 0 spiro atoms. The molecular weight excluding hydrogens is 363 g/mol. The quantitative estimate of drug-likeness (QED) is 0.509. The maximum atomic E-state index is 8.91. The zero-order chi connectivity index (χ0) is 16.6. The number of halogens is 1. The molecule has 118 valence electrons. The van der Waals surface area contributed by atoms with Gasteiger partial charge in [-0.2, -0.15) is 0 Å². The summed E-state index contributed by atoms with van der Waals surface area (Å²) in [7, 11) is 4.02. The molecular formula is C12H16ClCrN2NaO5. The van der Waals surface area contributed by atoms with Crippen molar-refractivity contribution in [3.05, 3.63) is 61.2 Å². The molecule has 7 nitrogen and oxygen atoms in total. The Kier molecular flexibility index (Phi) is 21.6. The topological polar surface area (TPSA) is 126 Å². The molecule has 0 aliphatic heterocycles. The van der Waals surface area contributed by atoms with Gasteiger partial charge in [-0.1, -0.05) is 12.1 Å². The summed E-state index contributed by atoms with van der Waals surface area (Å²) in [5.74, 6) is -1.08. The minimum atomic E-state index is -5.03. The van der Waals surface area contributed by atoms with Crippen molar-refractivity contribution in [2.24, 2.45) is 0 Å². The molecule has 0 aliphatic rings. The third-order valence-corrected chi connectivity index (χ3v) is 1.21. The number of carboxylic acid groups (broad SMARTS) is 1. The Morgan fingerprint density at radius 1 is 0.909 bits per heavy atom. The van der Waals surface area contributed by atoms with Gasteiger partial charge in [0.25, 0.3) is 0 Å². The van der Waals surface area contributed by atoms with Gasteiger partial charge in [-0.25, -0.2) is 9.97 Å². The van der Waals surface area contributed by atoms with Crippen LogP contribution in [-0.2, 0) is 24.8 Å². The number of carbonyl (C=O) groups is 1. The molecule has 22 heavy (non-hydrogen) atoms. The van der Waals surface area contributed by atoms with Crippen LogP contribution in [0.3, 0.4) is 0 Å². The smallest absolute Gasteiger partial charge is 0.166 e. The second kappa shape index (κ2) is 18.2. The van der Waals surface area contributed by atoms with Crippen molar-refractivity contribution in [1.82, 2.24) is 0 Å². The molecule has 0 saturated carbocycles. The van der Waals surface area contributed by atoms with Crippen molar-refractivity contribution in [1.29, 1.82) is 0 Å². The number of carbonyl (C=O) groups excluding carboxylic acids is 1. The molecule has 10 heteroatoms. The molecule has 2 heterocycles. The number of rotatable bonds is 0. The van der Waals surface area contributed by atoms with Gasteiger partial charge in [-0.05, 0) is 6.92 Å². The standard InChI is InChI=1S/2C5H5N.C2H4O2.ClH.Cr.Na.3O.H/c2*1-2-4-6-5-3-1;1-2(3)4;;;;;;;/h2*1-5H;1H3,(H,3,4);1H;;;;;;/q;;;;+1;;;;-1;. The molecule has 0 radical (unpaired) electrons. The summed E-state index contributed by atoms with van der Waals surface area (Å²) < 4.78 is 26.7. The summed E-state index contributed by atoms with van der Waals surface area (Å²) in [5, 5.41) is 8.89. The Labute approximate surface area is 156 Å². The summed E-state index contributed by atoms with van der Waals surface area (Å²) in [4.78, 5) is 14.7. The van der Waals surface area contributed by atoms with Crippen molar-refractivity contribution in [3.63, 3.8) is 0 Å². The Hall–Kier alpha value is -0.848. The Balaban J connectivity index is -0.000000219. The summed E-state index contributed by atoms with van der Waals surface area (Å²) in [6.07, 6.45) is 7.50. The predicted molar refractivity (Wildman–Crippen MR) is 71.1 cm³/mol. The van der Waals surface area contributed by atoms with E-state index in [-0.39, 0.29) is 29.6 Å². The van der Waals surface area contributed by atoms with Crippen LogP contribution in [0.4, 0.5) is 0 Å². The van der Waals surface area contributed by atoms with E-state index in [1.165, 1.54) is 0 Å². The van der Waals surface area contributed by atoms with Crippen LogP contribution in [0.25, 0.3) is 0 Å². The van der Waals surface area contributed by atoms with Gasteiger partial charge in [0.2, 0.25) is 0 Å². The number of aliphatic carboxylic acids is 1. The first-order chi connectivity index (χ1) is 9.73. The molecule has 0 aliphatic carbocycles. The summed E-state index contributed by atoms with van der Waals surface area (Å²) in [6, 6.07) is 11.7. The van der Waals surface area contributed by atoms with Crippen molar-refractivity contribution >= 4 is 45.6 Å². The van der Waals surface area contributed by atoms with Crippen LogP contribution in [0.1, 0.15) is 6.92 Å². The zero-order valence-electron chi connectivity index (χ0n) is 11.1. The molecule has 0 aromatic carbocycles. The molecule has 0 amide bonds. The number of pyridine rings is 2. The molecule has 0 unspecified atom stereocenters. The van der Waals surface area contributed by atoms with E-state index in [4.69, 9.17) is 21.7 Å². The van der Waals surface area contributed by atoms with Gasteiger partial charge in [-0.15, -0.1) is 0 Å². The van der Waals surface area contributed by atoms with E-state index in [9.17, 15) is 0 Å². The van der Waals surface area contributed by atoms with Gasteiger partial charge in [-0.3, -0.25) is 0 Å². The largest absolute Gasteiger partial charge is 0.218 e. The number of hydrogen-bond donors (Lipinski definition) is 0. The van der Waals surface area contributed by atoms with E-state index in [1.807, 2.05) is 61.2 Å². The van der Waals surface area contributed by atoms with E-state index in [0.29, 0.717) is 0 Å². The van der Waals surface area contributed by atoms with Crippen LogP contribution >= 0.6 is 10.0 Å². The third-order valence-electron chi connectivity index (χ3n) is 1.21. The fraction of sp³-hybridized carbons (Fsp3) is 0.0833. The molecule has 2 aromatic heterocycles. The van der Waals surface area contributed by atoms with E-state index < -0.39 is 18.3 Å². The van der Waals surface area contributed by atoms with Crippen molar-refractivity contribution in [2.45, 2.75) is 6.92 Å². The predicted octanol–water partition coefficient (Wildman–Crippen LogP) is -1.63. The molecule has 0 atom stereocenters. The summed E-state index contributed by atoms with van der Waals surface area (Å²) >= 11 is -5.03. The number of nitrogens with one attached hydrogen (secondary N) is 2. The summed E-state index contributed by atoms with van der Waals surface area (Å²) in [5.41, 5.74) is 0. The first kappa shape index (κ1) is 26.1. The van der Waals surface area contributed by atoms with Gasteiger partial charge in [0.05, 0.1) is 0 Å². The van der Waals surface area contributed by atoms with E-state index >= 15 is 0 Å². The average molecular weight is 379 g/mol. The fourth-order valence-corrected chi connectivity index (χ4v) is 0.684. The normalized spacial score (nSPS) is 8.14. The Bertz CT molecular complexity index is 461. The van der Waals surface area contributed by atoms with E-state index in [2.05, 4.69) is 20.0 Å². The first-order valence-corrected chi connectivity index (χ1v) is 8.70. The zero-order valence-corrected chi connectivity index (χ0v) is 13.1. The molecule has 0 fully saturated rings. The van der Waals surface area contributed by atoms with Gasteiger partial charge >= 0.3 is 63.7 Å². The average Bonchev–Trinajstić information content (AvgIpc) is 2.41. The van der Waals surface area contributed by atoms with Gasteiger partial charge in [0.1, 0.15) is 0 Å². The van der Waals surface area contributed by atoms with Crippen LogP contribution in [0.15, 0.2) is 61.2 Å². The van der Waals surface area contributed by atoms with Crippen LogP contribution in [0.2, 0.25) is 0 Å². The van der Waals surface area contributed by atoms with Crippen molar-refractivity contribution in [3.8, 4) is 0 Å². The van der Waals surface area contributed by atoms with E-state index in [0.717, 1.165) is 6.92 Å². The van der Waals surface area contributed by atoms with Crippen LogP contribution in [-0.4, -0.2) is 35.5 Å². The van der Waals surface area contributed by atoms with E-state index in [1.54, 1.807) is 0 Å². The second-order valence-electron chi connectivity index (χ2n) is 3.04. The number of aromatic nitrogens is 2. The van der Waals surface area contributed by atoms with Gasteiger partial charge < -0.3 is 9.90 Å². The maximum absolute atomic E-state index is 8.91. The van der Waals surface area contributed by atoms with Crippen molar-refractivity contribution < 1.29 is 44.0 Å². The monoisotopic (exact) mass is 378 g/mol.